The molecule has 1 atom stereocenters. The zero-order chi connectivity index (χ0) is 12.6. The van der Waals surface area contributed by atoms with E-state index in [9.17, 15) is 13.2 Å². The van der Waals surface area contributed by atoms with Crippen LogP contribution in [0.4, 0.5) is 0 Å². The summed E-state index contributed by atoms with van der Waals surface area (Å²) in [4.78, 5) is 10.9. The molecule has 0 saturated carbocycles. The van der Waals surface area contributed by atoms with E-state index in [4.69, 9.17) is 14.4 Å². The molecule has 2 N–H and O–H groups in total. The number of carbonyl (C=O) groups is 1. The van der Waals surface area contributed by atoms with Crippen molar-refractivity contribution in [3.63, 3.8) is 0 Å². The van der Waals surface area contributed by atoms with Gasteiger partial charge < -0.3 is 9.84 Å². The minimum Gasteiger partial charge on any atom is -0.493 e. The van der Waals surface area contributed by atoms with E-state index in [2.05, 4.69) is 0 Å². The summed E-state index contributed by atoms with van der Waals surface area (Å²) in [6, 6.07) is 4.28. The minimum absolute atomic E-state index is 0.0317. The van der Waals surface area contributed by atoms with Gasteiger partial charge in [-0.3, -0.25) is 9.35 Å². The topological polar surface area (TPSA) is 101 Å². The van der Waals surface area contributed by atoms with E-state index in [1.165, 1.54) is 18.2 Å². The van der Waals surface area contributed by atoms with Gasteiger partial charge in [-0.25, -0.2) is 0 Å². The summed E-state index contributed by atoms with van der Waals surface area (Å²) in [6.07, 6.45) is 0.598. The third-order valence-corrected chi connectivity index (χ3v) is 3.61. The van der Waals surface area contributed by atoms with E-state index in [1.807, 2.05) is 0 Å². The molecular weight excluding hydrogens is 248 g/mol. The van der Waals surface area contributed by atoms with Gasteiger partial charge in [-0.2, -0.15) is 8.42 Å². The SMILES string of the molecule is O=C(O)C(c1ccc2c(c1)CCO2)S(=O)(=O)O. The van der Waals surface area contributed by atoms with E-state index in [0.29, 0.717) is 18.8 Å². The summed E-state index contributed by atoms with van der Waals surface area (Å²) in [6.45, 7) is 0.488. The highest BCUT2D eigenvalue weighted by Gasteiger charge is 2.33. The van der Waals surface area contributed by atoms with Gasteiger partial charge in [0.2, 0.25) is 5.25 Å². The molecule has 7 heteroatoms. The molecule has 1 aromatic carbocycles. The van der Waals surface area contributed by atoms with Gasteiger partial charge >= 0.3 is 5.97 Å². The average Bonchev–Trinajstić information content (AvgIpc) is 2.61. The number of fused-ring (bicyclic) bond motifs is 1. The Kier molecular flexibility index (Phi) is 2.80. The quantitative estimate of drug-likeness (QED) is 0.771. The minimum atomic E-state index is -4.67. The van der Waals surface area contributed by atoms with Crippen molar-refractivity contribution in [2.24, 2.45) is 0 Å². The number of aliphatic carboxylic acids is 1. The molecule has 1 unspecified atom stereocenters. The lowest BCUT2D eigenvalue weighted by molar-refractivity contribution is -0.136. The summed E-state index contributed by atoms with van der Waals surface area (Å²) in [5.74, 6) is -0.986. The van der Waals surface area contributed by atoms with Crippen LogP contribution in [0.2, 0.25) is 0 Å². The first-order chi connectivity index (χ1) is 7.89. The molecule has 0 fully saturated rings. The maximum absolute atomic E-state index is 11.0. The Morgan fingerprint density at radius 2 is 2.12 bits per heavy atom. The lowest BCUT2D eigenvalue weighted by Gasteiger charge is -2.10. The van der Waals surface area contributed by atoms with Crippen LogP contribution in [-0.4, -0.2) is 30.7 Å². The van der Waals surface area contributed by atoms with Crippen LogP contribution in [0, 0.1) is 0 Å². The summed E-state index contributed by atoms with van der Waals surface area (Å²) >= 11 is 0. The number of hydrogen-bond acceptors (Lipinski definition) is 4. The van der Waals surface area contributed by atoms with Gasteiger partial charge in [-0.15, -0.1) is 0 Å². The van der Waals surface area contributed by atoms with Crippen molar-refractivity contribution >= 4 is 16.1 Å². The van der Waals surface area contributed by atoms with Gasteiger partial charge in [0.15, 0.2) is 0 Å². The Labute approximate surface area is 97.6 Å². The first kappa shape index (κ1) is 11.9. The van der Waals surface area contributed by atoms with E-state index in [0.717, 1.165) is 5.56 Å². The number of ether oxygens (including phenoxy) is 1. The average molecular weight is 258 g/mol. The van der Waals surface area contributed by atoms with Crippen LogP contribution in [0.5, 0.6) is 5.75 Å². The Morgan fingerprint density at radius 1 is 1.41 bits per heavy atom. The van der Waals surface area contributed by atoms with Gasteiger partial charge in [0.25, 0.3) is 10.1 Å². The molecule has 0 amide bonds. The second-order valence-electron chi connectivity index (χ2n) is 3.70. The summed E-state index contributed by atoms with van der Waals surface area (Å²) < 4.78 is 36.2. The van der Waals surface area contributed by atoms with Crippen LogP contribution >= 0.6 is 0 Å². The van der Waals surface area contributed by atoms with Crippen LogP contribution in [0.15, 0.2) is 18.2 Å². The number of carboxylic acid groups (broad SMARTS) is 1. The zero-order valence-electron chi connectivity index (χ0n) is 8.66. The number of benzene rings is 1. The second kappa shape index (κ2) is 4.01. The molecule has 1 aliphatic rings. The molecule has 1 aliphatic heterocycles. The lowest BCUT2D eigenvalue weighted by Crippen LogP contribution is -2.21. The molecule has 0 saturated heterocycles. The Morgan fingerprint density at radius 3 is 2.71 bits per heavy atom. The van der Waals surface area contributed by atoms with E-state index < -0.39 is 21.3 Å². The zero-order valence-corrected chi connectivity index (χ0v) is 9.48. The smallest absolute Gasteiger partial charge is 0.329 e. The molecular formula is C10H10O6S. The first-order valence-corrected chi connectivity index (χ1v) is 6.34. The lowest BCUT2D eigenvalue weighted by atomic mass is 10.1. The predicted octanol–water partition coefficient (Wildman–Crippen LogP) is 0.635. The maximum atomic E-state index is 11.0. The Hall–Kier alpha value is -1.60. The van der Waals surface area contributed by atoms with Crippen molar-refractivity contribution in [1.82, 2.24) is 0 Å². The summed E-state index contributed by atoms with van der Waals surface area (Å²) in [7, 11) is -4.67. The Balaban J connectivity index is 2.48. The van der Waals surface area contributed by atoms with Gasteiger partial charge in [0.1, 0.15) is 5.75 Å². The molecule has 6 nitrogen and oxygen atoms in total. The predicted molar refractivity (Wildman–Crippen MR) is 57.6 cm³/mol. The van der Waals surface area contributed by atoms with Gasteiger partial charge in [-0.1, -0.05) is 6.07 Å². The molecule has 0 aliphatic carbocycles. The fourth-order valence-corrected chi connectivity index (χ4v) is 2.56. The van der Waals surface area contributed by atoms with Crippen molar-refractivity contribution in [1.29, 1.82) is 0 Å². The van der Waals surface area contributed by atoms with Crippen molar-refractivity contribution in [3.8, 4) is 5.75 Å². The van der Waals surface area contributed by atoms with Crippen LogP contribution in [0.1, 0.15) is 16.4 Å². The highest BCUT2D eigenvalue weighted by Crippen LogP contribution is 2.30. The highest BCUT2D eigenvalue weighted by molar-refractivity contribution is 7.86. The van der Waals surface area contributed by atoms with Crippen LogP contribution < -0.4 is 4.74 Å². The summed E-state index contributed by atoms with van der Waals surface area (Å²) in [5.41, 5.74) is 0.779. The molecule has 1 aromatic rings. The van der Waals surface area contributed by atoms with Gasteiger partial charge in [0, 0.05) is 6.42 Å². The molecule has 1 heterocycles. The number of hydrogen-bond donors (Lipinski definition) is 2. The third-order valence-electron chi connectivity index (χ3n) is 2.54. The van der Waals surface area contributed by atoms with E-state index in [1.54, 1.807) is 0 Å². The molecule has 0 aromatic heterocycles. The molecule has 0 bridgehead atoms. The fourth-order valence-electron chi connectivity index (χ4n) is 1.81. The third kappa shape index (κ3) is 2.25. The maximum Gasteiger partial charge on any atom is 0.329 e. The van der Waals surface area contributed by atoms with E-state index >= 15 is 0 Å². The highest BCUT2D eigenvalue weighted by atomic mass is 32.2. The normalized spacial score (nSPS) is 16.1. The van der Waals surface area contributed by atoms with Crippen LogP contribution in [-0.2, 0) is 21.3 Å². The largest absolute Gasteiger partial charge is 0.493 e. The van der Waals surface area contributed by atoms with E-state index in [-0.39, 0.29) is 5.56 Å². The molecule has 0 radical (unpaired) electrons. The van der Waals surface area contributed by atoms with Crippen molar-refractivity contribution in [2.75, 3.05) is 6.61 Å². The van der Waals surface area contributed by atoms with Gasteiger partial charge in [-0.05, 0) is 23.3 Å². The molecule has 92 valence electrons. The molecule has 17 heavy (non-hydrogen) atoms. The van der Waals surface area contributed by atoms with Crippen molar-refractivity contribution < 1.29 is 27.6 Å². The second-order valence-corrected chi connectivity index (χ2v) is 5.20. The fraction of sp³-hybridized carbons (Fsp3) is 0.300. The number of carboxylic acids is 1. The molecule has 2 rings (SSSR count). The molecule has 0 spiro atoms. The monoisotopic (exact) mass is 258 g/mol. The van der Waals surface area contributed by atoms with Gasteiger partial charge in [0.05, 0.1) is 6.61 Å². The van der Waals surface area contributed by atoms with Crippen LogP contribution in [0.3, 0.4) is 0 Å². The standard InChI is InChI=1S/C10H10O6S/c11-10(12)9(17(13,14)15)7-1-2-8-6(5-7)3-4-16-8/h1-2,5,9H,3-4H2,(H,11,12)(H,13,14,15). The first-order valence-electron chi connectivity index (χ1n) is 4.84. The Bertz CT molecular complexity index is 562. The van der Waals surface area contributed by atoms with Crippen molar-refractivity contribution in [2.45, 2.75) is 11.7 Å². The number of rotatable bonds is 3. The summed E-state index contributed by atoms with van der Waals surface area (Å²) in [5, 5.41) is 6.89. The van der Waals surface area contributed by atoms with Crippen LogP contribution in [0.25, 0.3) is 0 Å². The van der Waals surface area contributed by atoms with Crippen molar-refractivity contribution in [3.05, 3.63) is 29.3 Å².